The first kappa shape index (κ1) is 7.34. The van der Waals surface area contributed by atoms with E-state index in [-0.39, 0.29) is 0 Å². The van der Waals surface area contributed by atoms with Crippen LogP contribution in [0.1, 0.15) is 26.7 Å². The van der Waals surface area contributed by atoms with Crippen LogP contribution < -0.4 is 0 Å². The standard InChI is InChI=1S/C10H17NO/c1-7(2)11-8-3-4-10(8)6-12-5-9(10)11/h7-9H,3-6H2,1-2H3. The zero-order chi connectivity index (χ0) is 8.34. The third-order valence-electron chi connectivity index (χ3n) is 4.17. The van der Waals surface area contributed by atoms with E-state index in [0.717, 1.165) is 31.3 Å². The molecule has 2 nitrogen and oxygen atoms in total. The van der Waals surface area contributed by atoms with Crippen molar-refractivity contribution in [1.29, 1.82) is 0 Å². The Morgan fingerprint density at radius 2 is 2.25 bits per heavy atom. The van der Waals surface area contributed by atoms with Crippen LogP contribution >= 0.6 is 0 Å². The summed E-state index contributed by atoms with van der Waals surface area (Å²) >= 11 is 0. The Kier molecular flexibility index (Phi) is 1.25. The molecule has 0 aromatic rings. The highest BCUT2D eigenvalue weighted by Gasteiger charge is 2.68. The third kappa shape index (κ3) is 0.579. The van der Waals surface area contributed by atoms with E-state index < -0.39 is 0 Å². The lowest BCUT2D eigenvalue weighted by atomic mass is 9.53. The fourth-order valence-electron chi connectivity index (χ4n) is 3.51. The minimum absolute atomic E-state index is 0.629. The summed E-state index contributed by atoms with van der Waals surface area (Å²) in [6.45, 7) is 6.65. The number of hydrogen-bond donors (Lipinski definition) is 0. The fourth-order valence-corrected chi connectivity index (χ4v) is 3.51. The third-order valence-corrected chi connectivity index (χ3v) is 4.17. The molecule has 1 spiro atoms. The van der Waals surface area contributed by atoms with Crippen molar-refractivity contribution in [3.05, 3.63) is 0 Å². The number of piperidine rings is 1. The van der Waals surface area contributed by atoms with Crippen molar-refractivity contribution in [2.24, 2.45) is 5.41 Å². The van der Waals surface area contributed by atoms with E-state index in [1.54, 1.807) is 0 Å². The van der Waals surface area contributed by atoms with Crippen molar-refractivity contribution in [1.82, 2.24) is 4.90 Å². The number of hydrogen-bond acceptors (Lipinski definition) is 2. The first-order valence-electron chi connectivity index (χ1n) is 5.11. The Morgan fingerprint density at radius 1 is 1.42 bits per heavy atom. The highest BCUT2D eigenvalue weighted by Crippen LogP contribution is 2.61. The van der Waals surface area contributed by atoms with Crippen LogP contribution in [0.25, 0.3) is 0 Å². The average molecular weight is 167 g/mol. The zero-order valence-corrected chi connectivity index (χ0v) is 7.92. The molecule has 0 bridgehead atoms. The van der Waals surface area contributed by atoms with Crippen molar-refractivity contribution in [2.75, 3.05) is 13.2 Å². The molecule has 2 saturated heterocycles. The second-order valence-electron chi connectivity index (χ2n) is 4.86. The summed E-state index contributed by atoms with van der Waals surface area (Å²) in [6, 6.07) is 2.37. The molecule has 12 heavy (non-hydrogen) atoms. The first-order chi connectivity index (χ1) is 5.76. The number of likely N-dealkylation sites (tertiary alicyclic amines) is 1. The van der Waals surface area contributed by atoms with E-state index in [9.17, 15) is 0 Å². The SMILES string of the molecule is CC(C)N1C2CCC23COCC13. The Hall–Kier alpha value is -0.0800. The van der Waals surface area contributed by atoms with Gasteiger partial charge in [0, 0.05) is 23.5 Å². The molecule has 0 aromatic heterocycles. The quantitative estimate of drug-likeness (QED) is 0.583. The summed E-state index contributed by atoms with van der Waals surface area (Å²) in [4.78, 5) is 2.66. The van der Waals surface area contributed by atoms with Gasteiger partial charge in [0.1, 0.15) is 0 Å². The van der Waals surface area contributed by atoms with E-state index in [0.29, 0.717) is 5.41 Å². The molecule has 2 heteroatoms. The van der Waals surface area contributed by atoms with E-state index >= 15 is 0 Å². The van der Waals surface area contributed by atoms with Crippen LogP contribution in [0.15, 0.2) is 0 Å². The first-order valence-corrected chi connectivity index (χ1v) is 5.11. The molecule has 1 saturated carbocycles. The fraction of sp³-hybridized carbons (Fsp3) is 1.00. The van der Waals surface area contributed by atoms with E-state index in [4.69, 9.17) is 4.74 Å². The molecule has 3 aliphatic rings. The van der Waals surface area contributed by atoms with Crippen molar-refractivity contribution in [2.45, 2.75) is 44.8 Å². The molecule has 0 aromatic carbocycles. The van der Waals surface area contributed by atoms with Gasteiger partial charge in [0.15, 0.2) is 0 Å². The van der Waals surface area contributed by atoms with Gasteiger partial charge in [-0.05, 0) is 26.7 Å². The topological polar surface area (TPSA) is 12.5 Å². The van der Waals surface area contributed by atoms with Gasteiger partial charge in [-0.15, -0.1) is 0 Å². The molecule has 2 aliphatic heterocycles. The van der Waals surface area contributed by atoms with E-state index in [1.807, 2.05) is 0 Å². The van der Waals surface area contributed by atoms with Crippen molar-refractivity contribution in [3.8, 4) is 0 Å². The molecule has 0 radical (unpaired) electrons. The molecule has 3 atom stereocenters. The van der Waals surface area contributed by atoms with Crippen molar-refractivity contribution in [3.63, 3.8) is 0 Å². The second kappa shape index (κ2) is 2.05. The molecule has 68 valence electrons. The smallest absolute Gasteiger partial charge is 0.0629 e. The summed E-state index contributed by atoms with van der Waals surface area (Å²) in [7, 11) is 0. The summed E-state index contributed by atoms with van der Waals surface area (Å²) in [5.74, 6) is 0. The summed E-state index contributed by atoms with van der Waals surface area (Å²) in [5, 5.41) is 0. The maximum atomic E-state index is 5.59. The monoisotopic (exact) mass is 167 g/mol. The molecule has 2 heterocycles. The molecule has 3 fully saturated rings. The molecule has 0 N–H and O–H groups in total. The molecule has 3 rings (SSSR count). The maximum Gasteiger partial charge on any atom is 0.0629 e. The highest BCUT2D eigenvalue weighted by molar-refractivity contribution is 5.20. The van der Waals surface area contributed by atoms with Gasteiger partial charge in [-0.1, -0.05) is 0 Å². The van der Waals surface area contributed by atoms with Gasteiger partial charge in [0.25, 0.3) is 0 Å². The van der Waals surface area contributed by atoms with Gasteiger partial charge >= 0.3 is 0 Å². The minimum atomic E-state index is 0.629. The van der Waals surface area contributed by atoms with Crippen LogP contribution in [0.3, 0.4) is 0 Å². The van der Waals surface area contributed by atoms with Crippen molar-refractivity contribution < 1.29 is 4.74 Å². The molecule has 0 amide bonds. The van der Waals surface area contributed by atoms with Gasteiger partial charge in [-0.2, -0.15) is 0 Å². The molecule has 1 aliphatic carbocycles. The summed E-state index contributed by atoms with van der Waals surface area (Å²) < 4.78 is 5.59. The van der Waals surface area contributed by atoms with Crippen LogP contribution in [0, 0.1) is 5.41 Å². The van der Waals surface area contributed by atoms with Crippen molar-refractivity contribution >= 4 is 0 Å². The predicted octanol–water partition coefficient (Wildman–Crippen LogP) is 1.26. The Morgan fingerprint density at radius 3 is 2.83 bits per heavy atom. The summed E-state index contributed by atoms with van der Waals surface area (Å²) in [5.41, 5.74) is 0.629. The van der Waals surface area contributed by atoms with Gasteiger partial charge in [0.05, 0.1) is 13.2 Å². The van der Waals surface area contributed by atoms with E-state index in [1.165, 1.54) is 12.8 Å². The van der Waals surface area contributed by atoms with Gasteiger partial charge in [-0.25, -0.2) is 0 Å². The lowest BCUT2D eigenvalue weighted by molar-refractivity contribution is -0.192. The Balaban J connectivity index is 1.85. The van der Waals surface area contributed by atoms with Gasteiger partial charge < -0.3 is 4.74 Å². The lowest BCUT2D eigenvalue weighted by Crippen LogP contribution is -2.77. The molecular weight excluding hydrogens is 150 g/mol. The molecular formula is C10H17NO. The predicted molar refractivity (Wildman–Crippen MR) is 47.0 cm³/mol. The lowest BCUT2D eigenvalue weighted by Gasteiger charge is -2.68. The van der Waals surface area contributed by atoms with E-state index in [2.05, 4.69) is 18.7 Å². The van der Waals surface area contributed by atoms with Gasteiger partial charge in [-0.3, -0.25) is 4.90 Å². The number of nitrogens with zero attached hydrogens (tertiary/aromatic N) is 1. The number of ether oxygens (including phenoxy) is 1. The Labute approximate surface area is 73.9 Å². The highest BCUT2D eigenvalue weighted by atomic mass is 16.5. The van der Waals surface area contributed by atoms with Crippen LogP contribution in [0.2, 0.25) is 0 Å². The summed E-state index contributed by atoms with van der Waals surface area (Å²) in [6.07, 6.45) is 2.84. The number of rotatable bonds is 1. The van der Waals surface area contributed by atoms with Crippen LogP contribution in [0.4, 0.5) is 0 Å². The normalized spacial score (nSPS) is 51.2. The average Bonchev–Trinajstić information content (AvgIpc) is 2.40. The molecule has 3 unspecified atom stereocenters. The second-order valence-corrected chi connectivity index (χ2v) is 4.86. The maximum absolute atomic E-state index is 5.59. The van der Waals surface area contributed by atoms with Crippen LogP contribution in [0.5, 0.6) is 0 Å². The van der Waals surface area contributed by atoms with Crippen LogP contribution in [-0.4, -0.2) is 36.2 Å². The van der Waals surface area contributed by atoms with Gasteiger partial charge in [0.2, 0.25) is 0 Å². The Bertz CT molecular complexity index is 216. The largest absolute Gasteiger partial charge is 0.379 e. The zero-order valence-electron chi connectivity index (χ0n) is 7.92. The minimum Gasteiger partial charge on any atom is -0.379 e. The van der Waals surface area contributed by atoms with Crippen LogP contribution in [-0.2, 0) is 4.74 Å².